The summed E-state index contributed by atoms with van der Waals surface area (Å²) in [6.45, 7) is 14.2. The van der Waals surface area contributed by atoms with E-state index in [1.807, 2.05) is 57.2 Å². The normalized spacial score (nSPS) is 19.6. The standard InChI is InChI=1S/C54H78N6O9/c1-7-10-13-16-19-22-25-55-49(61)58-34-52(4)64-43-28-37-38(29-44(43)65-52)40-31-46-48(69-54(6,67-46)36-60-51(63)57-27-24-21-18-15-12-9-3)33-42(40)41-32-47-45(30-39(37)41)66-53(5,68-47)35-59-50(62)56-26-23-20-17-14-11-8-2/h28-33H,7-27,34-36H2,1-6H3,(H2,55,58,61)(H2,56,59,62)(H2,57,60,63). The quantitative estimate of drug-likeness (QED) is 0.0251. The van der Waals surface area contributed by atoms with Crippen molar-refractivity contribution in [3.63, 3.8) is 0 Å². The highest BCUT2D eigenvalue weighted by molar-refractivity contribution is 6.27. The van der Waals surface area contributed by atoms with Crippen LogP contribution in [0, 0.1) is 0 Å². The predicted molar refractivity (Wildman–Crippen MR) is 272 cm³/mol. The minimum Gasteiger partial charge on any atom is -0.447 e. The molecule has 0 unspecified atom stereocenters. The molecule has 4 aromatic rings. The molecule has 6 amide bonds. The zero-order valence-electron chi connectivity index (χ0n) is 42.1. The fourth-order valence-corrected chi connectivity index (χ4v) is 9.40. The molecular formula is C54H78N6O9. The average Bonchev–Trinajstić information content (AvgIpc) is 3.97. The molecular weight excluding hydrogens is 877 g/mol. The molecule has 3 heterocycles. The van der Waals surface area contributed by atoms with Gasteiger partial charge in [-0.3, -0.25) is 0 Å². The number of nitrogens with one attached hydrogen (secondary N) is 6. The first-order valence-electron chi connectivity index (χ1n) is 26.1. The molecule has 69 heavy (non-hydrogen) atoms. The lowest BCUT2D eigenvalue weighted by Crippen LogP contribution is -2.49. The van der Waals surface area contributed by atoms with Gasteiger partial charge < -0.3 is 60.3 Å². The van der Waals surface area contributed by atoms with Crippen LogP contribution in [0.15, 0.2) is 36.4 Å². The van der Waals surface area contributed by atoms with Gasteiger partial charge >= 0.3 is 18.1 Å². The summed E-state index contributed by atoms with van der Waals surface area (Å²) >= 11 is 0. The molecule has 6 N–H and O–H groups in total. The number of benzene rings is 4. The summed E-state index contributed by atoms with van der Waals surface area (Å²) in [5, 5.41) is 22.9. The number of amides is 6. The number of carbonyl (C=O) groups excluding carboxylic acids is 3. The van der Waals surface area contributed by atoms with E-state index in [9.17, 15) is 14.4 Å². The van der Waals surface area contributed by atoms with Gasteiger partial charge in [0.2, 0.25) is 0 Å². The Bertz CT molecular complexity index is 2010. The summed E-state index contributed by atoms with van der Waals surface area (Å²) in [7, 11) is 0. The maximum Gasteiger partial charge on any atom is 0.315 e. The van der Waals surface area contributed by atoms with Gasteiger partial charge in [-0.15, -0.1) is 0 Å². The molecule has 3 aliphatic heterocycles. The number of urea groups is 3. The van der Waals surface area contributed by atoms with Crippen molar-refractivity contribution >= 4 is 50.4 Å². The summed E-state index contributed by atoms with van der Waals surface area (Å²) in [4.78, 5) is 38.4. The fourth-order valence-electron chi connectivity index (χ4n) is 9.40. The number of unbranched alkanes of at least 4 members (excludes halogenated alkanes) is 15. The number of hydrogen-bond donors (Lipinski definition) is 6. The van der Waals surface area contributed by atoms with E-state index in [-0.39, 0.29) is 37.7 Å². The summed E-state index contributed by atoms with van der Waals surface area (Å²) in [5.74, 6) is -0.276. The molecule has 4 aromatic carbocycles. The van der Waals surface area contributed by atoms with Crippen molar-refractivity contribution in [1.82, 2.24) is 31.9 Å². The third-order valence-corrected chi connectivity index (χ3v) is 13.2. The Morgan fingerprint density at radius 1 is 0.333 bits per heavy atom. The van der Waals surface area contributed by atoms with Gasteiger partial charge in [-0.1, -0.05) is 117 Å². The Labute approximate surface area is 408 Å². The van der Waals surface area contributed by atoms with Crippen LogP contribution in [0.4, 0.5) is 14.4 Å². The summed E-state index contributed by atoms with van der Waals surface area (Å²) < 4.78 is 38.9. The van der Waals surface area contributed by atoms with E-state index in [0.717, 1.165) is 70.8 Å². The number of ether oxygens (including phenoxy) is 6. The maximum absolute atomic E-state index is 12.8. The Morgan fingerprint density at radius 3 is 0.754 bits per heavy atom. The first-order valence-corrected chi connectivity index (χ1v) is 26.1. The van der Waals surface area contributed by atoms with E-state index in [4.69, 9.17) is 28.4 Å². The molecule has 0 saturated carbocycles. The fraction of sp³-hybridized carbons (Fsp3) is 0.611. The number of rotatable bonds is 27. The smallest absolute Gasteiger partial charge is 0.315 e. The molecule has 0 spiro atoms. The van der Waals surface area contributed by atoms with Gasteiger partial charge in [-0.2, -0.15) is 0 Å². The largest absolute Gasteiger partial charge is 0.447 e. The molecule has 3 aliphatic rings. The van der Waals surface area contributed by atoms with Gasteiger partial charge in [-0.25, -0.2) is 14.4 Å². The number of fused-ring (bicyclic) bond motifs is 9. The lowest BCUT2D eigenvalue weighted by atomic mass is 9.93. The van der Waals surface area contributed by atoms with Crippen LogP contribution in [-0.2, 0) is 0 Å². The third-order valence-electron chi connectivity index (χ3n) is 13.2. The van der Waals surface area contributed by atoms with E-state index < -0.39 is 17.4 Å². The van der Waals surface area contributed by atoms with Gasteiger partial charge in [0.25, 0.3) is 17.4 Å². The Balaban J connectivity index is 1.09. The van der Waals surface area contributed by atoms with Crippen molar-refractivity contribution in [2.75, 3.05) is 39.3 Å². The highest BCUT2D eigenvalue weighted by atomic mass is 16.7. The van der Waals surface area contributed by atoms with Crippen LogP contribution >= 0.6 is 0 Å². The van der Waals surface area contributed by atoms with E-state index in [1.165, 1.54) is 77.0 Å². The molecule has 0 atom stereocenters. The minimum absolute atomic E-state index is 0.118. The highest BCUT2D eigenvalue weighted by Gasteiger charge is 2.41. The molecule has 15 nitrogen and oxygen atoms in total. The second-order valence-electron chi connectivity index (χ2n) is 19.7. The summed E-state index contributed by atoms with van der Waals surface area (Å²) in [5.41, 5.74) is 0. The molecule has 0 radical (unpaired) electrons. The molecule has 0 fully saturated rings. The molecule has 15 heteroatoms. The van der Waals surface area contributed by atoms with Crippen LogP contribution in [0.3, 0.4) is 0 Å². The van der Waals surface area contributed by atoms with Crippen LogP contribution in [0.5, 0.6) is 34.5 Å². The van der Waals surface area contributed by atoms with Gasteiger partial charge in [0.1, 0.15) is 0 Å². The van der Waals surface area contributed by atoms with Crippen LogP contribution in [0.2, 0.25) is 0 Å². The molecule has 7 rings (SSSR count). The minimum atomic E-state index is -1.16. The number of carbonyl (C=O) groups is 3. The van der Waals surface area contributed by atoms with Crippen molar-refractivity contribution in [1.29, 1.82) is 0 Å². The first-order chi connectivity index (χ1) is 33.3. The summed E-state index contributed by atoms with van der Waals surface area (Å²) in [6.07, 6.45) is 20.6. The van der Waals surface area contributed by atoms with Crippen LogP contribution in [-0.4, -0.2) is 74.7 Å². The topological polar surface area (TPSA) is 179 Å². The van der Waals surface area contributed by atoms with Gasteiger partial charge in [-0.05, 0) is 88.0 Å². The number of hydrogen-bond acceptors (Lipinski definition) is 9. The summed E-state index contributed by atoms with van der Waals surface area (Å²) in [6, 6.07) is 11.0. The zero-order valence-corrected chi connectivity index (χ0v) is 42.1. The van der Waals surface area contributed by atoms with Crippen LogP contribution in [0.1, 0.15) is 157 Å². The van der Waals surface area contributed by atoms with Gasteiger partial charge in [0.05, 0.1) is 19.6 Å². The Morgan fingerprint density at radius 2 is 0.536 bits per heavy atom. The average molecular weight is 955 g/mol. The molecule has 0 bridgehead atoms. The lowest BCUT2D eigenvalue weighted by molar-refractivity contribution is -0.0571. The lowest BCUT2D eigenvalue weighted by Gasteiger charge is -2.23. The van der Waals surface area contributed by atoms with E-state index >= 15 is 0 Å². The molecule has 0 aliphatic carbocycles. The molecule has 378 valence electrons. The monoisotopic (exact) mass is 955 g/mol. The van der Waals surface area contributed by atoms with Crippen LogP contribution < -0.4 is 60.3 Å². The SMILES string of the molecule is CCCCCCCCNC(=O)NCC1(C)Oc2cc3c4cc5c(cc4c4cc6c(cc4c3cc2O1)OC(C)(CNC(=O)NCCCCCCCC)O6)OC(C)(CNC(=O)NCCCCCCCC)O5. The molecule has 0 aromatic heterocycles. The first kappa shape index (κ1) is 51.1. The second kappa shape index (κ2) is 23.7. The van der Waals surface area contributed by atoms with Crippen molar-refractivity contribution in [2.24, 2.45) is 0 Å². The third kappa shape index (κ3) is 13.5. The maximum atomic E-state index is 12.8. The van der Waals surface area contributed by atoms with Crippen molar-refractivity contribution in [2.45, 2.75) is 174 Å². The molecule has 0 saturated heterocycles. The van der Waals surface area contributed by atoms with E-state index in [2.05, 4.69) is 52.7 Å². The zero-order chi connectivity index (χ0) is 48.9. The second-order valence-corrected chi connectivity index (χ2v) is 19.7. The van der Waals surface area contributed by atoms with Gasteiger partial charge in [0.15, 0.2) is 34.5 Å². The van der Waals surface area contributed by atoms with Crippen LogP contribution in [0.25, 0.3) is 32.3 Å². The van der Waals surface area contributed by atoms with Gasteiger partial charge in [0, 0.05) is 40.4 Å². The van der Waals surface area contributed by atoms with Crippen molar-refractivity contribution < 1.29 is 42.8 Å². The van der Waals surface area contributed by atoms with E-state index in [1.54, 1.807) is 0 Å². The Hall–Kier alpha value is -5.73. The van der Waals surface area contributed by atoms with Crippen molar-refractivity contribution in [3.8, 4) is 34.5 Å². The highest BCUT2D eigenvalue weighted by Crippen LogP contribution is 2.52. The van der Waals surface area contributed by atoms with Crippen molar-refractivity contribution in [3.05, 3.63) is 36.4 Å². The predicted octanol–water partition coefficient (Wildman–Crippen LogP) is 11.6. The Kier molecular flexibility index (Phi) is 17.6. The van der Waals surface area contributed by atoms with E-state index in [0.29, 0.717) is 54.1 Å².